The maximum absolute atomic E-state index is 10.8. The van der Waals surface area contributed by atoms with Crippen LogP contribution in [0.1, 0.15) is 18.0 Å². The molecule has 0 aromatic heterocycles. The third-order valence-corrected chi connectivity index (χ3v) is 3.90. The van der Waals surface area contributed by atoms with Crippen molar-refractivity contribution in [3.63, 3.8) is 0 Å². The molecule has 2 aromatic carbocycles. The second-order valence-corrected chi connectivity index (χ2v) is 5.54. The molecule has 1 atom stereocenters. The number of benzene rings is 2. The number of hydrogen-bond acceptors (Lipinski definition) is 3. The summed E-state index contributed by atoms with van der Waals surface area (Å²) >= 11 is 17.4. The fourth-order valence-electron chi connectivity index (χ4n) is 1.87. The fraction of sp³-hybridized carbons (Fsp3) is 0.133. The first-order chi connectivity index (χ1) is 10.5. The van der Waals surface area contributed by atoms with Gasteiger partial charge in [-0.3, -0.25) is 4.79 Å². The number of carbonyl (C=O) groups is 1. The highest BCUT2D eigenvalue weighted by Gasteiger charge is 2.15. The summed E-state index contributed by atoms with van der Waals surface area (Å²) in [5, 5.41) is 9.71. The summed E-state index contributed by atoms with van der Waals surface area (Å²) in [6.07, 6.45) is -0.139. The van der Waals surface area contributed by atoms with Gasteiger partial charge in [0, 0.05) is 6.07 Å². The van der Waals surface area contributed by atoms with Crippen LogP contribution >= 0.6 is 35.0 Å². The molecule has 2 rings (SSSR count). The maximum atomic E-state index is 10.8. The molecule has 0 bridgehead atoms. The molecule has 0 saturated carbocycles. The van der Waals surface area contributed by atoms with E-state index in [1.165, 1.54) is 0 Å². The molecular weight excluding hydrogens is 349 g/mol. The van der Waals surface area contributed by atoms with Gasteiger partial charge in [-0.05, 0) is 41.6 Å². The van der Waals surface area contributed by atoms with Crippen molar-refractivity contribution < 1.29 is 14.6 Å². The van der Waals surface area contributed by atoms with Crippen LogP contribution < -0.4 is 9.57 Å². The molecular formula is C15H12Cl3NO3. The number of ether oxygens (including phenoxy) is 1. The summed E-state index contributed by atoms with van der Waals surface area (Å²) in [6.45, 7) is 0. The van der Waals surface area contributed by atoms with Gasteiger partial charge < -0.3 is 9.84 Å². The predicted octanol–water partition coefficient (Wildman–Crippen LogP) is 5.04. The van der Waals surface area contributed by atoms with Gasteiger partial charge in [-0.1, -0.05) is 35.3 Å². The largest absolute Gasteiger partial charge is 0.481 e. The smallest absolute Gasteiger partial charge is 0.305 e. The van der Waals surface area contributed by atoms with E-state index in [9.17, 15) is 4.79 Å². The molecule has 0 heterocycles. The summed E-state index contributed by atoms with van der Waals surface area (Å²) in [6, 6.07) is 11.4. The molecule has 2 aromatic rings. The Kier molecular flexibility index (Phi) is 5.91. The van der Waals surface area contributed by atoms with Gasteiger partial charge in [0.05, 0.1) is 22.5 Å². The SMILES string of the molecule is O=C(O)C[C@H](NCl)c1cccc(Oc2ccc(Cl)c(Cl)c2)c1. The number of nitrogens with one attached hydrogen (secondary N) is 1. The molecule has 0 amide bonds. The van der Waals surface area contributed by atoms with Crippen LogP contribution in [0.5, 0.6) is 11.5 Å². The van der Waals surface area contributed by atoms with E-state index in [0.717, 1.165) is 0 Å². The minimum absolute atomic E-state index is 0.139. The van der Waals surface area contributed by atoms with Crippen molar-refractivity contribution in [2.75, 3.05) is 0 Å². The number of hydrogen-bond donors (Lipinski definition) is 2. The van der Waals surface area contributed by atoms with Crippen molar-refractivity contribution in [3.8, 4) is 11.5 Å². The molecule has 4 nitrogen and oxygen atoms in total. The monoisotopic (exact) mass is 359 g/mol. The van der Waals surface area contributed by atoms with Crippen LogP contribution in [0.15, 0.2) is 42.5 Å². The Morgan fingerprint density at radius 1 is 1.14 bits per heavy atom. The zero-order valence-electron chi connectivity index (χ0n) is 11.2. The van der Waals surface area contributed by atoms with Gasteiger partial charge >= 0.3 is 5.97 Å². The molecule has 0 spiro atoms. The van der Waals surface area contributed by atoms with Gasteiger partial charge in [0.1, 0.15) is 11.5 Å². The van der Waals surface area contributed by atoms with Gasteiger partial charge in [-0.2, -0.15) is 0 Å². The third-order valence-electron chi connectivity index (χ3n) is 2.90. The van der Waals surface area contributed by atoms with E-state index in [2.05, 4.69) is 4.84 Å². The zero-order chi connectivity index (χ0) is 16.1. The second kappa shape index (κ2) is 7.70. The average Bonchev–Trinajstić information content (AvgIpc) is 2.48. The van der Waals surface area contributed by atoms with Gasteiger partial charge in [-0.25, -0.2) is 4.84 Å². The van der Waals surface area contributed by atoms with Gasteiger partial charge in [-0.15, -0.1) is 0 Å². The van der Waals surface area contributed by atoms with Crippen LogP contribution in [0.4, 0.5) is 0 Å². The lowest BCUT2D eigenvalue weighted by Gasteiger charge is -2.14. The van der Waals surface area contributed by atoms with E-state index >= 15 is 0 Å². The van der Waals surface area contributed by atoms with Crippen LogP contribution in [-0.2, 0) is 4.79 Å². The number of rotatable bonds is 6. The van der Waals surface area contributed by atoms with Crippen molar-refractivity contribution in [1.82, 2.24) is 4.84 Å². The standard InChI is InChI=1S/C15H12Cl3NO3/c16-12-5-4-11(7-13(12)17)22-10-3-1-2-9(6-10)14(19-18)8-15(20)21/h1-7,14,19H,8H2,(H,20,21)/t14-/m0/s1. The van der Waals surface area contributed by atoms with Crippen molar-refractivity contribution in [3.05, 3.63) is 58.1 Å². The average molecular weight is 361 g/mol. The molecule has 0 unspecified atom stereocenters. The van der Waals surface area contributed by atoms with E-state index < -0.39 is 12.0 Å². The maximum Gasteiger partial charge on any atom is 0.305 e. The zero-order valence-corrected chi connectivity index (χ0v) is 13.5. The lowest BCUT2D eigenvalue weighted by Crippen LogP contribution is -2.15. The lowest BCUT2D eigenvalue weighted by molar-refractivity contribution is -0.137. The Hall–Kier alpha value is -1.46. The molecule has 0 aliphatic carbocycles. The Morgan fingerprint density at radius 2 is 1.86 bits per heavy atom. The molecule has 0 saturated heterocycles. The number of aliphatic carboxylic acids is 1. The molecule has 116 valence electrons. The van der Waals surface area contributed by atoms with Crippen LogP contribution in [0.25, 0.3) is 0 Å². The summed E-state index contributed by atoms with van der Waals surface area (Å²) < 4.78 is 5.69. The van der Waals surface area contributed by atoms with Crippen LogP contribution in [-0.4, -0.2) is 11.1 Å². The first-order valence-corrected chi connectivity index (χ1v) is 7.44. The molecule has 22 heavy (non-hydrogen) atoms. The minimum atomic E-state index is -0.950. The molecule has 7 heteroatoms. The van der Waals surface area contributed by atoms with Crippen molar-refractivity contribution in [1.29, 1.82) is 0 Å². The summed E-state index contributed by atoms with van der Waals surface area (Å²) in [4.78, 5) is 13.3. The van der Waals surface area contributed by atoms with Gasteiger partial charge in [0.2, 0.25) is 0 Å². The minimum Gasteiger partial charge on any atom is -0.481 e. The fourth-order valence-corrected chi connectivity index (χ4v) is 2.36. The normalized spacial score (nSPS) is 12.0. The molecule has 2 N–H and O–H groups in total. The number of carboxylic acids is 1. The summed E-state index contributed by atoms with van der Waals surface area (Å²) in [7, 11) is 0. The third kappa shape index (κ3) is 4.52. The number of halogens is 3. The topological polar surface area (TPSA) is 58.6 Å². The van der Waals surface area contributed by atoms with Crippen molar-refractivity contribution in [2.45, 2.75) is 12.5 Å². The quantitative estimate of drug-likeness (QED) is 0.708. The highest BCUT2D eigenvalue weighted by molar-refractivity contribution is 6.42. The lowest BCUT2D eigenvalue weighted by atomic mass is 10.0. The van der Waals surface area contributed by atoms with Crippen molar-refractivity contribution in [2.24, 2.45) is 0 Å². The van der Waals surface area contributed by atoms with E-state index in [1.54, 1.807) is 42.5 Å². The molecule has 0 radical (unpaired) electrons. The first kappa shape index (κ1) is 16.9. The van der Waals surface area contributed by atoms with Gasteiger partial charge in [0.15, 0.2) is 0 Å². The molecule has 0 aliphatic rings. The first-order valence-electron chi connectivity index (χ1n) is 6.30. The van der Waals surface area contributed by atoms with E-state index in [4.69, 9.17) is 44.8 Å². The predicted molar refractivity (Wildman–Crippen MR) is 87.0 cm³/mol. The molecule has 0 aliphatic heterocycles. The van der Waals surface area contributed by atoms with Gasteiger partial charge in [0.25, 0.3) is 0 Å². The van der Waals surface area contributed by atoms with E-state index in [-0.39, 0.29) is 6.42 Å². The highest BCUT2D eigenvalue weighted by atomic mass is 35.5. The van der Waals surface area contributed by atoms with E-state index in [1.807, 2.05) is 0 Å². The van der Waals surface area contributed by atoms with Crippen LogP contribution in [0.2, 0.25) is 10.0 Å². The Bertz CT molecular complexity index is 679. The van der Waals surface area contributed by atoms with E-state index in [0.29, 0.717) is 27.1 Å². The Balaban J connectivity index is 2.20. The highest BCUT2D eigenvalue weighted by Crippen LogP contribution is 2.30. The Morgan fingerprint density at radius 3 is 2.50 bits per heavy atom. The summed E-state index contributed by atoms with van der Waals surface area (Å²) in [5.74, 6) is 0.118. The number of carboxylic acid groups (broad SMARTS) is 1. The van der Waals surface area contributed by atoms with Crippen LogP contribution in [0.3, 0.4) is 0 Å². The van der Waals surface area contributed by atoms with Crippen molar-refractivity contribution >= 4 is 40.9 Å². The molecule has 0 fully saturated rings. The second-order valence-electron chi connectivity index (χ2n) is 4.51. The van der Waals surface area contributed by atoms with Crippen LogP contribution in [0, 0.1) is 0 Å². The Labute approximate surface area is 142 Å². The summed E-state index contributed by atoms with van der Waals surface area (Å²) in [5.41, 5.74) is 0.704.